The molecule has 2 atom stereocenters. The summed E-state index contributed by atoms with van der Waals surface area (Å²) in [7, 11) is 0. The lowest BCUT2D eigenvalue weighted by atomic mass is 10.0. The van der Waals surface area contributed by atoms with Crippen LogP contribution in [0.4, 0.5) is 5.13 Å². The van der Waals surface area contributed by atoms with Crippen LogP contribution >= 0.6 is 23.3 Å². The molecule has 0 spiro atoms. The minimum Gasteiger partial charge on any atom is -0.477 e. The number of rotatable bonds is 6. The first-order chi connectivity index (χ1) is 14.0. The molecule has 4 N–H and O–H groups in total. The highest BCUT2D eigenvalue weighted by molar-refractivity contribution is 8.00. The van der Waals surface area contributed by atoms with Crippen LogP contribution in [0.15, 0.2) is 28.8 Å². The monoisotopic (exact) mass is 436 g/mol. The molecule has 152 valence electrons. The van der Waals surface area contributed by atoms with Gasteiger partial charge in [0.2, 0.25) is 11.5 Å². The number of carbonyl (C=O) groups excluding carboxylic acids is 2. The first-order valence-electron chi connectivity index (χ1n) is 8.68. The van der Waals surface area contributed by atoms with Gasteiger partial charge in [-0.25, -0.2) is 4.79 Å². The number of hydrogen-bond donors (Lipinski definition) is 3. The SMILES string of the molecule is Nc1nc(C(=NOC2=CCCC2)C(=O)NC2C(=O)N3C(C(=O)O)=CCS[C@@H]23)ns1. The van der Waals surface area contributed by atoms with Crippen LogP contribution in [0.1, 0.15) is 25.1 Å². The standard InChI is InChI=1S/C16H16N6O5S2/c17-16-19-11(21-29-16)9(20-27-7-3-1-2-4-7)12(23)18-10-13(24)22-8(15(25)26)5-6-28-14(10)22/h3,5,10,14H,1-2,4,6H2,(H,18,23)(H,25,26)(H2,17,19,21)/t10?,14-/m0/s1. The molecule has 1 aromatic rings. The largest absolute Gasteiger partial charge is 0.477 e. The molecule has 2 aliphatic heterocycles. The molecule has 13 heteroatoms. The van der Waals surface area contributed by atoms with Gasteiger partial charge in [0.05, 0.1) is 0 Å². The first-order valence-corrected chi connectivity index (χ1v) is 10.5. The van der Waals surface area contributed by atoms with Crippen LogP contribution < -0.4 is 11.1 Å². The smallest absolute Gasteiger partial charge is 0.352 e. The van der Waals surface area contributed by atoms with Crippen molar-refractivity contribution < 1.29 is 24.3 Å². The van der Waals surface area contributed by atoms with Gasteiger partial charge in [0, 0.05) is 23.7 Å². The number of nitrogens with one attached hydrogen (secondary N) is 1. The first kappa shape index (κ1) is 19.4. The van der Waals surface area contributed by atoms with Crippen molar-refractivity contribution in [2.45, 2.75) is 30.7 Å². The fraction of sp³-hybridized carbons (Fsp3) is 0.375. The summed E-state index contributed by atoms with van der Waals surface area (Å²) in [6, 6.07) is -0.887. The lowest BCUT2D eigenvalue weighted by molar-refractivity contribution is -0.150. The topological polar surface area (TPSA) is 160 Å². The van der Waals surface area contributed by atoms with Crippen LogP contribution in [0, 0.1) is 0 Å². The Morgan fingerprint density at radius 1 is 1.41 bits per heavy atom. The Kier molecular flexibility index (Phi) is 5.24. The zero-order valence-corrected chi connectivity index (χ0v) is 16.5. The van der Waals surface area contributed by atoms with Gasteiger partial charge in [0.15, 0.2) is 5.13 Å². The average Bonchev–Trinajstić information content (AvgIpc) is 3.37. The maximum atomic E-state index is 12.8. The number of fused-ring (bicyclic) bond motifs is 1. The van der Waals surface area contributed by atoms with Crippen LogP contribution in [0.3, 0.4) is 0 Å². The fourth-order valence-electron chi connectivity index (χ4n) is 3.09. The lowest BCUT2D eigenvalue weighted by Gasteiger charge is -2.48. The van der Waals surface area contributed by atoms with Gasteiger partial charge >= 0.3 is 5.97 Å². The molecule has 1 aromatic heterocycles. The van der Waals surface area contributed by atoms with Gasteiger partial charge < -0.3 is 21.0 Å². The molecular weight excluding hydrogens is 420 g/mol. The summed E-state index contributed by atoms with van der Waals surface area (Å²) in [5.41, 5.74) is 5.32. The summed E-state index contributed by atoms with van der Waals surface area (Å²) >= 11 is 2.26. The number of nitrogens with zero attached hydrogens (tertiary/aromatic N) is 4. The predicted molar refractivity (Wildman–Crippen MR) is 105 cm³/mol. The highest BCUT2D eigenvalue weighted by Gasteiger charge is 2.53. The summed E-state index contributed by atoms with van der Waals surface area (Å²) in [5.74, 6) is -1.33. The van der Waals surface area contributed by atoms with Gasteiger partial charge in [-0.05, 0) is 25.0 Å². The third kappa shape index (κ3) is 3.70. The van der Waals surface area contributed by atoms with Crippen LogP contribution in [-0.4, -0.2) is 60.0 Å². The Morgan fingerprint density at radius 2 is 2.24 bits per heavy atom. The molecule has 1 unspecified atom stereocenters. The molecule has 3 aliphatic rings. The quantitative estimate of drug-likeness (QED) is 0.323. The van der Waals surface area contributed by atoms with E-state index in [1.807, 2.05) is 6.08 Å². The number of β-lactam (4-membered cyclic amide) rings is 1. The number of hydrogen-bond acceptors (Lipinski definition) is 10. The third-order valence-corrected chi connectivity index (χ3v) is 6.20. The average molecular weight is 436 g/mol. The molecule has 1 saturated heterocycles. The summed E-state index contributed by atoms with van der Waals surface area (Å²) in [6.07, 6.45) is 5.88. The second-order valence-corrected chi connectivity index (χ2v) is 8.26. The van der Waals surface area contributed by atoms with Crippen molar-refractivity contribution in [2.75, 3.05) is 11.5 Å². The summed E-state index contributed by atoms with van der Waals surface area (Å²) in [4.78, 5) is 47.1. The van der Waals surface area contributed by atoms with E-state index < -0.39 is 29.2 Å². The number of nitrogen functional groups attached to an aromatic ring is 1. The van der Waals surface area contributed by atoms with E-state index in [0.717, 1.165) is 29.3 Å². The van der Waals surface area contributed by atoms with Gasteiger partial charge in [0.25, 0.3) is 11.8 Å². The van der Waals surface area contributed by atoms with Crippen molar-refractivity contribution >= 4 is 51.9 Å². The number of carbonyl (C=O) groups is 3. The maximum absolute atomic E-state index is 12.8. The minimum absolute atomic E-state index is 0.00496. The van der Waals surface area contributed by atoms with Crippen LogP contribution in [0.25, 0.3) is 0 Å². The molecule has 0 aromatic carbocycles. The number of oxime groups is 1. The fourth-order valence-corrected chi connectivity index (χ4v) is 4.72. The normalized spacial score (nSPS) is 23.7. The van der Waals surface area contributed by atoms with Crippen molar-refractivity contribution in [1.82, 2.24) is 19.6 Å². The number of amides is 2. The summed E-state index contributed by atoms with van der Waals surface area (Å²) in [6.45, 7) is 0. The summed E-state index contributed by atoms with van der Waals surface area (Å²) < 4.78 is 4.00. The van der Waals surface area contributed by atoms with Gasteiger partial charge in [0.1, 0.15) is 22.9 Å². The number of anilines is 1. The molecule has 0 saturated carbocycles. The van der Waals surface area contributed by atoms with Crippen molar-refractivity contribution in [3.63, 3.8) is 0 Å². The van der Waals surface area contributed by atoms with Crippen molar-refractivity contribution in [3.05, 3.63) is 29.4 Å². The van der Waals surface area contributed by atoms with E-state index in [2.05, 4.69) is 19.8 Å². The number of carboxylic acids is 1. The van der Waals surface area contributed by atoms with E-state index in [-0.39, 0.29) is 22.4 Å². The lowest BCUT2D eigenvalue weighted by Crippen LogP contribution is -2.70. The van der Waals surface area contributed by atoms with Crippen molar-refractivity contribution in [2.24, 2.45) is 5.16 Å². The molecule has 3 heterocycles. The van der Waals surface area contributed by atoms with Crippen LogP contribution in [0.2, 0.25) is 0 Å². The van der Waals surface area contributed by atoms with Gasteiger partial charge in [-0.15, -0.1) is 11.8 Å². The number of aromatic nitrogens is 2. The minimum atomic E-state index is -1.18. The Morgan fingerprint density at radius 3 is 2.90 bits per heavy atom. The molecule has 4 rings (SSSR count). The number of thioether (sulfide) groups is 1. The highest BCUT2D eigenvalue weighted by atomic mass is 32.2. The molecule has 29 heavy (non-hydrogen) atoms. The van der Waals surface area contributed by atoms with Crippen molar-refractivity contribution in [3.8, 4) is 0 Å². The van der Waals surface area contributed by atoms with E-state index in [1.54, 1.807) is 0 Å². The maximum Gasteiger partial charge on any atom is 0.352 e. The van der Waals surface area contributed by atoms with Gasteiger partial charge in [-0.3, -0.25) is 14.5 Å². The Bertz CT molecular complexity index is 971. The molecule has 1 fully saturated rings. The molecule has 1 aliphatic carbocycles. The molecule has 11 nitrogen and oxygen atoms in total. The molecular formula is C16H16N6O5S2. The van der Waals surface area contributed by atoms with E-state index in [9.17, 15) is 19.5 Å². The van der Waals surface area contributed by atoms with E-state index in [0.29, 0.717) is 17.9 Å². The van der Waals surface area contributed by atoms with E-state index in [4.69, 9.17) is 10.6 Å². The molecule has 0 radical (unpaired) electrons. The Hall–Kier alpha value is -2.93. The number of carboxylic acid groups (broad SMARTS) is 1. The molecule has 0 bridgehead atoms. The Balaban J connectivity index is 1.51. The number of nitrogens with two attached hydrogens (primary N) is 1. The predicted octanol–water partition coefficient (Wildman–Crippen LogP) is 0.277. The van der Waals surface area contributed by atoms with Crippen LogP contribution in [-0.2, 0) is 19.2 Å². The second kappa shape index (κ2) is 7.83. The van der Waals surface area contributed by atoms with Gasteiger partial charge in [-0.2, -0.15) is 9.36 Å². The number of allylic oxidation sites excluding steroid dienone is 2. The molecule has 2 amide bonds. The Labute approximate surface area is 172 Å². The second-order valence-electron chi connectivity index (χ2n) is 6.33. The number of aliphatic carboxylic acids is 1. The zero-order valence-electron chi connectivity index (χ0n) is 14.9. The summed E-state index contributed by atoms with van der Waals surface area (Å²) in [5, 5.41) is 15.4. The highest BCUT2D eigenvalue weighted by Crippen LogP contribution is 2.37. The van der Waals surface area contributed by atoms with Crippen LogP contribution in [0.5, 0.6) is 0 Å². The van der Waals surface area contributed by atoms with E-state index >= 15 is 0 Å². The zero-order chi connectivity index (χ0) is 20.5. The third-order valence-electron chi connectivity index (χ3n) is 4.47. The van der Waals surface area contributed by atoms with Crippen molar-refractivity contribution in [1.29, 1.82) is 0 Å². The van der Waals surface area contributed by atoms with E-state index in [1.165, 1.54) is 17.8 Å². The van der Waals surface area contributed by atoms with Gasteiger partial charge in [-0.1, -0.05) is 5.16 Å².